The van der Waals surface area contributed by atoms with E-state index in [2.05, 4.69) is 0 Å². The van der Waals surface area contributed by atoms with Crippen molar-refractivity contribution in [3.05, 3.63) is 93.7 Å². The first kappa shape index (κ1) is 18.6. The lowest BCUT2D eigenvalue weighted by atomic mass is 9.94. The number of carbonyl (C=O) groups is 1. The first-order valence-electron chi connectivity index (χ1n) is 10.0. The molecule has 1 aliphatic carbocycles. The summed E-state index contributed by atoms with van der Waals surface area (Å²) < 4.78 is 20.9. The Bertz CT molecular complexity index is 1330. The third-order valence-electron chi connectivity index (χ3n) is 5.79. The van der Waals surface area contributed by atoms with Gasteiger partial charge in [-0.05, 0) is 53.6 Å². The Labute approximate surface area is 172 Å². The molecule has 0 atom stereocenters. The lowest BCUT2D eigenvalue weighted by Crippen LogP contribution is -2.08. The quantitative estimate of drug-likeness (QED) is 0.430. The van der Waals surface area contributed by atoms with Crippen molar-refractivity contribution < 1.29 is 13.6 Å². The van der Waals surface area contributed by atoms with Gasteiger partial charge >= 0.3 is 5.76 Å². The second-order valence-electron chi connectivity index (χ2n) is 7.85. The largest absolute Gasteiger partial charge is 0.419 e. The van der Waals surface area contributed by atoms with E-state index >= 15 is 0 Å². The predicted molar refractivity (Wildman–Crippen MR) is 113 cm³/mol. The molecule has 0 aliphatic heterocycles. The summed E-state index contributed by atoms with van der Waals surface area (Å²) >= 11 is 0. The number of ketones is 1. The molecule has 0 spiro atoms. The number of hydrogen-bond donors (Lipinski definition) is 0. The number of Topliss-reactive ketones (excluding diaryl/α,β-unsaturated/α-hetero) is 1. The van der Waals surface area contributed by atoms with Gasteiger partial charge in [0.25, 0.3) is 0 Å². The van der Waals surface area contributed by atoms with E-state index in [1.54, 1.807) is 19.2 Å². The van der Waals surface area contributed by atoms with Crippen molar-refractivity contribution in [2.24, 2.45) is 7.05 Å². The lowest BCUT2D eigenvalue weighted by Gasteiger charge is -2.11. The van der Waals surface area contributed by atoms with Crippen LogP contribution in [0.3, 0.4) is 0 Å². The molecular weight excluding hydrogens is 381 g/mol. The SMILES string of the molecule is Cn1c(=O)oc2c(C3CC3)c(-c3ccc(CC(=O)c4ccccc4F)cc3)ccc21. The zero-order valence-electron chi connectivity index (χ0n) is 16.5. The fraction of sp³-hybridized carbons (Fsp3) is 0.200. The molecule has 0 unspecified atom stereocenters. The second kappa shape index (κ2) is 7.10. The molecule has 1 fully saturated rings. The van der Waals surface area contributed by atoms with Crippen LogP contribution in [-0.4, -0.2) is 10.4 Å². The van der Waals surface area contributed by atoms with Crippen molar-refractivity contribution in [1.29, 1.82) is 0 Å². The molecule has 1 aromatic heterocycles. The molecular formula is C25H20FNO3. The van der Waals surface area contributed by atoms with Gasteiger partial charge < -0.3 is 4.42 Å². The molecule has 0 N–H and O–H groups in total. The van der Waals surface area contributed by atoms with Crippen LogP contribution >= 0.6 is 0 Å². The molecule has 4 nitrogen and oxygen atoms in total. The van der Waals surface area contributed by atoms with Crippen molar-refractivity contribution in [3.63, 3.8) is 0 Å². The Morgan fingerprint density at radius 1 is 1.07 bits per heavy atom. The summed E-state index contributed by atoms with van der Waals surface area (Å²) in [7, 11) is 1.71. The van der Waals surface area contributed by atoms with Crippen LogP contribution in [0.4, 0.5) is 4.39 Å². The maximum Gasteiger partial charge on any atom is 0.419 e. The molecule has 1 aliphatic rings. The highest BCUT2D eigenvalue weighted by molar-refractivity contribution is 5.97. The molecule has 3 aromatic carbocycles. The van der Waals surface area contributed by atoms with E-state index in [1.807, 2.05) is 36.4 Å². The van der Waals surface area contributed by atoms with Gasteiger partial charge in [0, 0.05) is 19.0 Å². The summed E-state index contributed by atoms with van der Waals surface area (Å²) in [5.41, 5.74) is 5.55. The Hall–Kier alpha value is -3.47. The van der Waals surface area contributed by atoms with Gasteiger partial charge in [-0.3, -0.25) is 9.36 Å². The summed E-state index contributed by atoms with van der Waals surface area (Å²) in [6.45, 7) is 0. The van der Waals surface area contributed by atoms with Crippen molar-refractivity contribution in [2.75, 3.05) is 0 Å². The number of fused-ring (bicyclic) bond motifs is 1. The Balaban J connectivity index is 1.48. The van der Waals surface area contributed by atoms with Crippen molar-refractivity contribution in [2.45, 2.75) is 25.2 Å². The minimum absolute atomic E-state index is 0.113. The maximum absolute atomic E-state index is 13.9. The highest BCUT2D eigenvalue weighted by atomic mass is 19.1. The number of aryl methyl sites for hydroxylation is 1. The average Bonchev–Trinajstić information content (AvgIpc) is 3.54. The molecule has 0 saturated heterocycles. The Morgan fingerprint density at radius 3 is 2.50 bits per heavy atom. The van der Waals surface area contributed by atoms with E-state index in [-0.39, 0.29) is 23.5 Å². The number of hydrogen-bond acceptors (Lipinski definition) is 3. The van der Waals surface area contributed by atoms with E-state index < -0.39 is 5.82 Å². The van der Waals surface area contributed by atoms with Crippen LogP contribution in [-0.2, 0) is 13.5 Å². The molecule has 1 saturated carbocycles. The fourth-order valence-corrected chi connectivity index (χ4v) is 4.01. The van der Waals surface area contributed by atoms with Crippen LogP contribution in [0.5, 0.6) is 0 Å². The third-order valence-corrected chi connectivity index (χ3v) is 5.79. The van der Waals surface area contributed by atoms with Crippen LogP contribution in [0.1, 0.15) is 40.2 Å². The average molecular weight is 401 g/mol. The molecule has 5 rings (SSSR count). The van der Waals surface area contributed by atoms with Crippen LogP contribution in [0.25, 0.3) is 22.2 Å². The predicted octanol–water partition coefficient (Wildman–Crippen LogP) is 5.24. The zero-order chi connectivity index (χ0) is 20.8. The van der Waals surface area contributed by atoms with E-state index in [4.69, 9.17) is 4.42 Å². The molecule has 150 valence electrons. The van der Waals surface area contributed by atoms with Crippen LogP contribution in [0.2, 0.25) is 0 Å². The lowest BCUT2D eigenvalue weighted by molar-refractivity contribution is 0.0989. The fourth-order valence-electron chi connectivity index (χ4n) is 4.01. The number of oxazole rings is 1. The summed E-state index contributed by atoms with van der Waals surface area (Å²) in [6.07, 6.45) is 2.31. The van der Waals surface area contributed by atoms with Crippen molar-refractivity contribution in [1.82, 2.24) is 4.57 Å². The van der Waals surface area contributed by atoms with Gasteiger partial charge in [0.1, 0.15) is 5.82 Å². The summed E-state index contributed by atoms with van der Waals surface area (Å²) in [6, 6.07) is 17.7. The number of nitrogens with zero attached hydrogens (tertiary/aromatic N) is 1. The monoisotopic (exact) mass is 401 g/mol. The molecule has 4 aromatic rings. The van der Waals surface area contributed by atoms with E-state index in [0.717, 1.165) is 40.6 Å². The maximum atomic E-state index is 13.9. The van der Waals surface area contributed by atoms with Gasteiger partial charge in [-0.25, -0.2) is 9.18 Å². The molecule has 0 bridgehead atoms. The van der Waals surface area contributed by atoms with E-state index in [0.29, 0.717) is 11.5 Å². The number of halogens is 1. The zero-order valence-corrected chi connectivity index (χ0v) is 16.5. The highest BCUT2D eigenvalue weighted by Crippen LogP contribution is 2.47. The molecule has 1 heterocycles. The first-order chi connectivity index (χ1) is 14.5. The van der Waals surface area contributed by atoms with E-state index in [9.17, 15) is 14.0 Å². The van der Waals surface area contributed by atoms with Crippen LogP contribution in [0.15, 0.2) is 69.9 Å². The van der Waals surface area contributed by atoms with Gasteiger partial charge in [0.2, 0.25) is 0 Å². The summed E-state index contributed by atoms with van der Waals surface area (Å²) in [5.74, 6) is -0.694. The standard InChI is InChI=1S/C25H20FNO3/c1-27-21-13-12-18(23(17-10-11-17)24(21)30-25(27)29)16-8-6-15(7-9-16)14-22(28)19-4-2-3-5-20(19)26/h2-9,12-13,17H,10-11,14H2,1H3. The first-order valence-corrected chi connectivity index (χ1v) is 10.0. The Kier molecular flexibility index (Phi) is 4.39. The Morgan fingerprint density at radius 2 is 1.80 bits per heavy atom. The summed E-state index contributed by atoms with van der Waals surface area (Å²) in [5, 5.41) is 0. The number of carbonyl (C=O) groups excluding carboxylic acids is 1. The van der Waals surface area contributed by atoms with Gasteiger partial charge in [0.05, 0.1) is 11.1 Å². The molecule has 0 radical (unpaired) electrons. The molecule has 5 heteroatoms. The molecule has 0 amide bonds. The normalized spacial score (nSPS) is 13.7. The number of benzene rings is 3. The van der Waals surface area contributed by atoms with E-state index in [1.165, 1.54) is 16.7 Å². The minimum atomic E-state index is -0.495. The minimum Gasteiger partial charge on any atom is -0.407 e. The number of rotatable bonds is 5. The molecule has 30 heavy (non-hydrogen) atoms. The van der Waals surface area contributed by atoms with Gasteiger partial charge in [0.15, 0.2) is 11.4 Å². The summed E-state index contributed by atoms with van der Waals surface area (Å²) in [4.78, 5) is 24.4. The van der Waals surface area contributed by atoms with Crippen molar-refractivity contribution >= 4 is 16.9 Å². The van der Waals surface area contributed by atoms with Gasteiger partial charge in [-0.2, -0.15) is 0 Å². The smallest absolute Gasteiger partial charge is 0.407 e. The topological polar surface area (TPSA) is 52.2 Å². The second-order valence-corrected chi connectivity index (χ2v) is 7.85. The van der Waals surface area contributed by atoms with Gasteiger partial charge in [-0.15, -0.1) is 0 Å². The van der Waals surface area contributed by atoms with Crippen molar-refractivity contribution in [3.8, 4) is 11.1 Å². The third kappa shape index (κ3) is 3.16. The highest BCUT2D eigenvalue weighted by Gasteiger charge is 2.30. The number of aromatic nitrogens is 1. The van der Waals surface area contributed by atoms with Crippen LogP contribution < -0.4 is 5.76 Å². The van der Waals surface area contributed by atoms with Crippen LogP contribution in [0, 0.1) is 5.82 Å². The van der Waals surface area contributed by atoms with Gasteiger partial charge in [-0.1, -0.05) is 42.5 Å².